The van der Waals surface area contributed by atoms with E-state index in [9.17, 15) is 72.5 Å². The van der Waals surface area contributed by atoms with Crippen molar-refractivity contribution in [3.8, 4) is 0 Å². The first-order valence-electron chi connectivity index (χ1n) is 41.0. The van der Waals surface area contributed by atoms with Gasteiger partial charge in [-0.25, -0.2) is 24.0 Å². The molecular formula is C94H100O38. The molecule has 7 aliphatic rings. The Morgan fingerprint density at radius 1 is 0.326 bits per heavy atom. The number of esters is 13. The molecule has 2 fully saturated rings. The van der Waals surface area contributed by atoms with Crippen molar-refractivity contribution in [3.63, 3.8) is 0 Å². The highest BCUT2D eigenvalue weighted by molar-refractivity contribution is 5.94. The van der Waals surface area contributed by atoms with Gasteiger partial charge < -0.3 is 119 Å². The lowest BCUT2D eigenvalue weighted by molar-refractivity contribution is -0.170. The van der Waals surface area contributed by atoms with E-state index in [0.29, 0.717) is 19.0 Å². The summed E-state index contributed by atoms with van der Waals surface area (Å²) >= 11 is 0. The molecule has 6 aromatic rings. The largest absolute Gasteiger partial charge is 0.485 e. The van der Waals surface area contributed by atoms with Crippen LogP contribution < -0.4 is 0 Å². The highest BCUT2D eigenvalue weighted by atomic mass is 16.8. The van der Waals surface area contributed by atoms with Crippen LogP contribution in [0.4, 0.5) is 0 Å². The van der Waals surface area contributed by atoms with E-state index in [0.717, 1.165) is 74.9 Å². The molecule has 132 heavy (non-hydrogen) atoms. The number of benzene rings is 6. The molecule has 38 nitrogen and oxygen atoms in total. The lowest BCUT2D eigenvalue weighted by atomic mass is 10.1. The van der Waals surface area contributed by atoms with Crippen molar-refractivity contribution in [2.75, 3.05) is 33.0 Å². The lowest BCUT2D eigenvalue weighted by Gasteiger charge is -2.23. The van der Waals surface area contributed by atoms with Crippen LogP contribution in [0.5, 0.6) is 0 Å². The minimum Gasteiger partial charge on any atom is -0.485 e. The van der Waals surface area contributed by atoms with Gasteiger partial charge in [-0.05, 0) is 61.1 Å². The van der Waals surface area contributed by atoms with Gasteiger partial charge in [0.15, 0.2) is 59.4 Å². The molecular weight excluding hydrogens is 1740 g/mol. The van der Waals surface area contributed by atoms with Crippen molar-refractivity contribution >= 4 is 77.6 Å². The molecule has 13 rings (SSSR count). The molecule has 0 aromatic heterocycles. The summed E-state index contributed by atoms with van der Waals surface area (Å²) in [6.07, 6.45) is -10.1. The van der Waals surface area contributed by atoms with Crippen molar-refractivity contribution in [1.82, 2.24) is 0 Å². The Bertz CT molecular complexity index is 5200. The predicted octanol–water partition coefficient (Wildman–Crippen LogP) is 8.82. The van der Waals surface area contributed by atoms with Crippen molar-refractivity contribution in [1.29, 1.82) is 0 Å². The second-order valence-corrected chi connectivity index (χ2v) is 30.0. The Morgan fingerprint density at radius 2 is 0.591 bits per heavy atom. The lowest BCUT2D eigenvalue weighted by Crippen LogP contribution is -2.38. The quantitative estimate of drug-likeness (QED) is 0.0281. The van der Waals surface area contributed by atoms with Crippen LogP contribution in [0.15, 0.2) is 240 Å². The van der Waals surface area contributed by atoms with Gasteiger partial charge in [0.05, 0.1) is 19.8 Å². The number of hydrogen-bond donors (Lipinski definition) is 2. The van der Waals surface area contributed by atoms with Crippen LogP contribution >= 0.6 is 0 Å². The molecule has 2 saturated heterocycles. The third kappa shape index (κ3) is 31.0. The first kappa shape index (κ1) is 101. The maximum atomic E-state index is 12.6. The maximum Gasteiger partial charge on any atom is 0.379 e. The van der Waals surface area contributed by atoms with E-state index in [1.165, 1.54) is 13.8 Å². The predicted molar refractivity (Wildman–Crippen MR) is 446 cm³/mol. The highest BCUT2D eigenvalue weighted by Crippen LogP contribution is 2.39. The molecule has 2 N–H and O–H groups in total. The Hall–Kier alpha value is -14.3. The summed E-state index contributed by atoms with van der Waals surface area (Å²) in [7, 11) is 0. The van der Waals surface area contributed by atoms with Gasteiger partial charge in [0.2, 0.25) is 41.0 Å². The standard InChI is InChI=1S/C24H24O8.C23H24O6.C20H20O6.C14H16O10.C13H16O8/c1-16(25)28-15-20(31-17(2)26)21-22(29-13-18-9-5-3-6-10-18)23(24(27)32-21)30-14-19-11-7-4-8-12-19;1-23(2)27-15-18(29-23)19-20(25-13-16-9-5-3-6-10-16)21(22(24)28-19)26-14-17-11-7-4-8-12-17;21-11-16(22)17-18(24-12-14-7-3-1-4-8-14)19(20(23)26-17)25-13-15-9-5-2-6-10-15;1-6(15)20-5-10(21-7(2)16)11-12(22-8(3)17)13(14(19)24-11)23-9(4)18;1-6(14)18-10-9(8-5-17-13(3,4)21-8)20-12(16)11(10)19-7(2)15/h3-12,20-21H,13-15H2,1-2H3;3-12,18-19H,13-15H2,1-2H3;1-10,16-17,21-22H,11-13H2;10-11H,5H2,1-4H3;8-9H,5H2,1-4H3. The van der Waals surface area contributed by atoms with Gasteiger partial charge in [0.25, 0.3) is 11.5 Å². The zero-order chi connectivity index (χ0) is 95.8. The number of ether oxygens (including phenoxy) is 23. The van der Waals surface area contributed by atoms with Gasteiger partial charge in [-0.1, -0.05) is 182 Å². The molecule has 0 radical (unpaired) electrons. The number of aliphatic hydroxyl groups is 2. The normalized spacial score (nSPS) is 20.1. The third-order valence-corrected chi connectivity index (χ3v) is 18.4. The number of rotatable bonds is 34. The first-order valence-corrected chi connectivity index (χ1v) is 41.0. The summed E-state index contributed by atoms with van der Waals surface area (Å²) in [5.41, 5.74) is 5.38. The monoisotopic (exact) mass is 1840 g/mol. The number of carbonyl (C=O) groups excluding carboxylic acids is 13. The molecule has 38 heteroatoms. The van der Waals surface area contributed by atoms with Crippen LogP contribution in [0.2, 0.25) is 0 Å². The fraction of sp³-hybridized carbons (Fsp3) is 0.372. The topological polar surface area (TPSA) is 475 Å². The van der Waals surface area contributed by atoms with E-state index < -0.39 is 181 Å². The third-order valence-electron chi connectivity index (χ3n) is 18.4. The molecule has 0 amide bonds. The van der Waals surface area contributed by atoms with Crippen LogP contribution in [0.25, 0.3) is 0 Å². The van der Waals surface area contributed by atoms with Crippen LogP contribution in [0, 0.1) is 0 Å². The van der Waals surface area contributed by atoms with Crippen LogP contribution in [-0.2, 0) is 211 Å². The molecule has 6 aromatic carbocycles. The van der Waals surface area contributed by atoms with Gasteiger partial charge in [-0.3, -0.25) is 38.4 Å². The zero-order valence-corrected chi connectivity index (χ0v) is 74.0. The molecule has 0 saturated carbocycles. The van der Waals surface area contributed by atoms with Gasteiger partial charge in [-0.15, -0.1) is 0 Å². The summed E-state index contributed by atoms with van der Waals surface area (Å²) in [6.45, 7) is 16.3. The summed E-state index contributed by atoms with van der Waals surface area (Å²) in [5, 5.41) is 19.2. The molecule has 7 heterocycles. The van der Waals surface area contributed by atoms with Crippen molar-refractivity contribution < 1.29 is 181 Å². The Labute approximate surface area is 757 Å². The van der Waals surface area contributed by atoms with Crippen LogP contribution in [0.1, 0.15) is 116 Å². The van der Waals surface area contributed by atoms with Gasteiger partial charge >= 0.3 is 77.6 Å². The average Bonchev–Trinajstić information content (AvgIpc) is 1.64. The fourth-order valence-corrected chi connectivity index (χ4v) is 12.7. The molecule has 10 atom stereocenters. The van der Waals surface area contributed by atoms with Crippen molar-refractivity contribution in [3.05, 3.63) is 273 Å². The Kier molecular flexibility index (Phi) is 37.6. The first-order chi connectivity index (χ1) is 62.9. The van der Waals surface area contributed by atoms with E-state index in [2.05, 4.69) is 4.74 Å². The number of cyclic esters (lactones) is 5. The molecule has 704 valence electrons. The van der Waals surface area contributed by atoms with Crippen molar-refractivity contribution in [2.24, 2.45) is 0 Å². The van der Waals surface area contributed by atoms with E-state index in [1.807, 2.05) is 196 Å². The van der Waals surface area contributed by atoms with Crippen LogP contribution in [-0.4, -0.2) is 193 Å². The van der Waals surface area contributed by atoms with E-state index in [-0.39, 0.29) is 80.8 Å². The average molecular weight is 1840 g/mol. The fourth-order valence-electron chi connectivity index (χ4n) is 12.7. The summed E-state index contributed by atoms with van der Waals surface area (Å²) in [5.74, 6) is -12.6. The second-order valence-electron chi connectivity index (χ2n) is 30.0. The molecule has 0 spiro atoms. The van der Waals surface area contributed by atoms with E-state index in [4.69, 9.17) is 104 Å². The zero-order valence-electron chi connectivity index (χ0n) is 74.0. The van der Waals surface area contributed by atoms with Crippen molar-refractivity contribution in [2.45, 2.75) is 195 Å². The van der Waals surface area contributed by atoms with Gasteiger partial charge in [-0.2, -0.15) is 0 Å². The molecule has 10 unspecified atom stereocenters. The van der Waals surface area contributed by atoms with E-state index >= 15 is 0 Å². The molecule has 0 aliphatic carbocycles. The summed E-state index contributed by atoms with van der Waals surface area (Å²) in [6, 6.07) is 56.7. The maximum absolute atomic E-state index is 12.6. The summed E-state index contributed by atoms with van der Waals surface area (Å²) in [4.78, 5) is 151. The highest BCUT2D eigenvalue weighted by Gasteiger charge is 2.52. The minimum absolute atomic E-state index is 0.0770. The number of aliphatic hydroxyl groups excluding tert-OH is 2. The van der Waals surface area contributed by atoms with E-state index in [1.54, 1.807) is 13.8 Å². The SMILES string of the molecule is CC(=O)OC1=C(OC(C)=O)C(C2COC(C)(C)O2)OC1=O.CC(=O)OCC(OC(C)=O)C1OC(=O)C(OC(C)=O)=C1OC(C)=O.CC(=O)OCC(OC(C)=O)C1OC(=O)C(OCc2ccccc2)=C1OCc1ccccc1.CC1(C)OCC(C2OC(=O)C(OCc3ccccc3)=C2OCc2ccccc2)O1.O=C1OC(C(O)CO)C(OCc2ccccc2)=C1OCc1ccccc1. The Morgan fingerprint density at radius 3 is 0.902 bits per heavy atom. The summed E-state index contributed by atoms with van der Waals surface area (Å²) < 4.78 is 123. The number of carbonyl (C=O) groups is 13. The second kappa shape index (κ2) is 48.9. The van der Waals surface area contributed by atoms with Gasteiger partial charge in [0.1, 0.15) is 71.2 Å². The van der Waals surface area contributed by atoms with Gasteiger partial charge in [0, 0.05) is 55.4 Å². The minimum atomic E-state index is -1.42. The smallest absolute Gasteiger partial charge is 0.379 e. The van der Waals surface area contributed by atoms with Crippen LogP contribution in [0.3, 0.4) is 0 Å². The number of hydrogen-bond acceptors (Lipinski definition) is 38. The molecule has 7 aliphatic heterocycles. The molecule has 0 bridgehead atoms. The Balaban J connectivity index is 0.000000187.